The Kier molecular flexibility index (Phi) is 40.4. The zero-order valence-electron chi connectivity index (χ0n) is 39.2. The van der Waals surface area contributed by atoms with Crippen LogP contribution >= 0.6 is 7.82 Å². The van der Waals surface area contributed by atoms with Crippen LogP contribution in [0.15, 0.2) is 85.1 Å². The van der Waals surface area contributed by atoms with Gasteiger partial charge >= 0.3 is 7.82 Å². The Hall–Kier alpha value is -2.32. The quantitative estimate of drug-likeness (QED) is 0.0244. The summed E-state index contributed by atoms with van der Waals surface area (Å²) in [7, 11) is 1.53. The highest BCUT2D eigenvalue weighted by Gasteiger charge is 2.27. The molecule has 0 aliphatic heterocycles. The lowest BCUT2D eigenvalue weighted by Crippen LogP contribution is -2.45. The molecule has 0 aromatic carbocycles. The van der Waals surface area contributed by atoms with Crippen molar-refractivity contribution in [2.24, 2.45) is 0 Å². The lowest BCUT2D eigenvalue weighted by atomic mass is 10.0. The number of hydrogen-bond acceptors (Lipinski definition) is 5. The first-order valence-electron chi connectivity index (χ1n) is 24.0. The van der Waals surface area contributed by atoms with Crippen LogP contribution in [0.3, 0.4) is 0 Å². The molecule has 0 fully saturated rings. The number of phosphoric acid groups is 1. The van der Waals surface area contributed by atoms with Gasteiger partial charge in [0.25, 0.3) is 0 Å². The maximum Gasteiger partial charge on any atom is 0.472 e. The summed E-state index contributed by atoms with van der Waals surface area (Å²) in [6.07, 6.45) is 58.0. The molecule has 346 valence electrons. The molecule has 0 bridgehead atoms. The van der Waals surface area contributed by atoms with Crippen molar-refractivity contribution in [3.63, 3.8) is 0 Å². The predicted molar refractivity (Wildman–Crippen MR) is 258 cm³/mol. The number of aliphatic hydroxyl groups is 1. The monoisotopic (exact) mass is 860 g/mol. The number of unbranched alkanes of at least 4 members (excludes halogenated alkanes) is 17. The SMILES string of the molecule is CC/C=C\C/C=C\C/C=C\C/C=C\C/C=C\C/C=C\CCCCC(=O)NC(COP(=O)(O)OCC[N+](C)(C)C)C(O)/C=C/CCCCCCCCCCCCCCCCC. The van der Waals surface area contributed by atoms with E-state index in [1.165, 1.54) is 83.5 Å². The number of hydrogen-bond donors (Lipinski definition) is 3. The van der Waals surface area contributed by atoms with Crippen LogP contribution in [0.1, 0.15) is 181 Å². The number of carbonyl (C=O) groups excluding carboxylic acids is 1. The zero-order valence-corrected chi connectivity index (χ0v) is 40.1. The fourth-order valence-electron chi connectivity index (χ4n) is 6.34. The molecule has 0 radical (unpaired) electrons. The van der Waals surface area contributed by atoms with E-state index in [1.807, 2.05) is 27.2 Å². The molecule has 0 rings (SSSR count). The molecule has 0 aliphatic carbocycles. The number of nitrogens with one attached hydrogen (secondary N) is 1. The van der Waals surface area contributed by atoms with Crippen LogP contribution < -0.4 is 5.32 Å². The minimum Gasteiger partial charge on any atom is -0.387 e. The van der Waals surface area contributed by atoms with E-state index in [0.717, 1.165) is 70.6 Å². The van der Waals surface area contributed by atoms with E-state index in [-0.39, 0.29) is 19.1 Å². The van der Waals surface area contributed by atoms with E-state index in [1.54, 1.807) is 6.08 Å². The number of carbonyl (C=O) groups is 1. The van der Waals surface area contributed by atoms with Gasteiger partial charge in [-0.25, -0.2) is 4.57 Å². The molecule has 3 unspecified atom stereocenters. The Bertz CT molecular complexity index is 1250. The van der Waals surface area contributed by atoms with Crippen molar-refractivity contribution in [3.05, 3.63) is 85.1 Å². The second-order valence-corrected chi connectivity index (χ2v) is 18.6. The van der Waals surface area contributed by atoms with Crippen LogP contribution in [0.25, 0.3) is 0 Å². The van der Waals surface area contributed by atoms with Gasteiger partial charge in [0.05, 0.1) is 39.9 Å². The van der Waals surface area contributed by atoms with Crippen molar-refractivity contribution in [3.8, 4) is 0 Å². The number of rotatable bonds is 42. The molecule has 0 saturated heterocycles. The Balaban J connectivity index is 4.49. The van der Waals surface area contributed by atoms with Gasteiger partial charge in [-0.05, 0) is 70.6 Å². The molecule has 0 aromatic heterocycles. The van der Waals surface area contributed by atoms with Gasteiger partial charge in [0.2, 0.25) is 5.91 Å². The molecule has 0 aliphatic rings. The average molecular weight is 860 g/mol. The minimum atomic E-state index is -4.36. The van der Waals surface area contributed by atoms with E-state index in [9.17, 15) is 19.4 Å². The summed E-state index contributed by atoms with van der Waals surface area (Å²) in [4.78, 5) is 23.2. The standard InChI is InChI=1S/C51H91N2O6P/c1-6-8-10-12-14-16-18-20-22-24-25-26-27-29-31-33-35-37-39-41-43-45-51(55)52-49(48-59-60(56,57)58-47-46-53(3,4)5)50(54)44-42-40-38-36-34-32-30-28-23-21-19-17-15-13-11-9-7-2/h8,10,14,16,20,22,25-26,29,31,35,37,42,44,49-50,54H,6-7,9,11-13,15,17-19,21,23-24,27-28,30,32-34,36,38-41,43,45-48H2,1-5H3,(H-,52,55,56,57)/p+1/b10-8-,16-14-,22-20-,26-25-,31-29-,37-35-,44-42+. The molecule has 3 N–H and O–H groups in total. The fourth-order valence-corrected chi connectivity index (χ4v) is 7.07. The van der Waals surface area contributed by atoms with Gasteiger partial charge in [-0.15, -0.1) is 0 Å². The number of phosphoric ester groups is 1. The van der Waals surface area contributed by atoms with Crippen molar-refractivity contribution in [1.82, 2.24) is 5.32 Å². The number of quaternary nitrogens is 1. The summed E-state index contributed by atoms with van der Waals surface area (Å²) in [6.45, 7) is 4.65. The lowest BCUT2D eigenvalue weighted by Gasteiger charge is -2.25. The van der Waals surface area contributed by atoms with Gasteiger partial charge < -0.3 is 19.8 Å². The molecular formula is C51H92N2O6P+. The van der Waals surface area contributed by atoms with Crippen LogP contribution in [-0.2, 0) is 18.4 Å². The molecule has 0 heterocycles. The van der Waals surface area contributed by atoms with Gasteiger partial charge in [-0.1, -0.05) is 189 Å². The molecule has 1 amide bonds. The van der Waals surface area contributed by atoms with Crippen molar-refractivity contribution in [1.29, 1.82) is 0 Å². The molecular weight excluding hydrogens is 768 g/mol. The maximum absolute atomic E-state index is 12.9. The van der Waals surface area contributed by atoms with E-state index in [0.29, 0.717) is 23.9 Å². The molecule has 0 spiro atoms. The van der Waals surface area contributed by atoms with E-state index in [4.69, 9.17) is 9.05 Å². The van der Waals surface area contributed by atoms with Gasteiger partial charge in [0.1, 0.15) is 13.2 Å². The third-order valence-electron chi connectivity index (χ3n) is 10.1. The van der Waals surface area contributed by atoms with Crippen molar-refractivity contribution in [2.45, 2.75) is 193 Å². The molecule has 9 heteroatoms. The minimum absolute atomic E-state index is 0.0484. The molecule has 0 aromatic rings. The van der Waals surface area contributed by atoms with Crippen molar-refractivity contribution >= 4 is 13.7 Å². The van der Waals surface area contributed by atoms with Crippen LogP contribution in [0.4, 0.5) is 0 Å². The summed E-state index contributed by atoms with van der Waals surface area (Å²) in [5, 5.41) is 13.8. The normalized spacial score (nSPS) is 15.0. The first kappa shape index (κ1) is 57.7. The van der Waals surface area contributed by atoms with E-state index in [2.05, 4.69) is 92.1 Å². The maximum atomic E-state index is 12.9. The fraction of sp³-hybridized carbons (Fsp3) is 0.706. The third kappa shape index (κ3) is 43.8. The van der Waals surface area contributed by atoms with Crippen LogP contribution in [0, 0.1) is 0 Å². The van der Waals surface area contributed by atoms with E-state index < -0.39 is 20.0 Å². The summed E-state index contributed by atoms with van der Waals surface area (Å²) in [5.41, 5.74) is 0. The van der Waals surface area contributed by atoms with Crippen LogP contribution in [-0.4, -0.2) is 73.4 Å². The first-order chi connectivity index (χ1) is 29.0. The highest BCUT2D eigenvalue weighted by molar-refractivity contribution is 7.47. The number of aliphatic hydroxyl groups excluding tert-OH is 1. The van der Waals surface area contributed by atoms with Gasteiger partial charge in [0, 0.05) is 6.42 Å². The summed E-state index contributed by atoms with van der Waals surface area (Å²) in [5.74, 6) is -0.222. The largest absolute Gasteiger partial charge is 0.472 e. The number of allylic oxidation sites excluding steroid dienone is 13. The second kappa shape index (κ2) is 42.0. The highest BCUT2D eigenvalue weighted by Crippen LogP contribution is 2.43. The number of likely N-dealkylation sites (N-methyl/N-ethyl adjacent to an activating group) is 1. The van der Waals surface area contributed by atoms with Crippen molar-refractivity contribution < 1.29 is 32.9 Å². The Labute approximate surface area is 369 Å². The summed E-state index contributed by atoms with van der Waals surface area (Å²) in [6, 6.07) is -0.874. The molecule has 3 atom stereocenters. The lowest BCUT2D eigenvalue weighted by molar-refractivity contribution is -0.870. The highest BCUT2D eigenvalue weighted by atomic mass is 31.2. The Morgan fingerprint density at radius 3 is 1.47 bits per heavy atom. The van der Waals surface area contributed by atoms with E-state index >= 15 is 0 Å². The van der Waals surface area contributed by atoms with Gasteiger partial charge in [-0.3, -0.25) is 13.8 Å². The molecule has 0 saturated carbocycles. The van der Waals surface area contributed by atoms with Gasteiger partial charge in [0.15, 0.2) is 0 Å². The number of amides is 1. The molecule has 60 heavy (non-hydrogen) atoms. The van der Waals surface area contributed by atoms with Crippen LogP contribution in [0.5, 0.6) is 0 Å². The summed E-state index contributed by atoms with van der Waals surface area (Å²) < 4.78 is 23.6. The topological polar surface area (TPSA) is 105 Å². The van der Waals surface area contributed by atoms with Crippen LogP contribution in [0.2, 0.25) is 0 Å². The number of nitrogens with zero attached hydrogens (tertiary/aromatic N) is 1. The third-order valence-corrected chi connectivity index (χ3v) is 11.1. The van der Waals surface area contributed by atoms with Gasteiger partial charge in [-0.2, -0.15) is 0 Å². The Morgan fingerprint density at radius 2 is 1.00 bits per heavy atom. The average Bonchev–Trinajstić information content (AvgIpc) is 3.20. The summed E-state index contributed by atoms with van der Waals surface area (Å²) >= 11 is 0. The Morgan fingerprint density at radius 1 is 0.583 bits per heavy atom. The first-order valence-corrected chi connectivity index (χ1v) is 25.5. The molecule has 8 nitrogen and oxygen atoms in total. The van der Waals surface area contributed by atoms with Crippen molar-refractivity contribution in [2.75, 3.05) is 40.9 Å². The second-order valence-electron chi connectivity index (χ2n) is 17.1. The predicted octanol–water partition coefficient (Wildman–Crippen LogP) is 13.7. The smallest absolute Gasteiger partial charge is 0.387 e. The zero-order chi connectivity index (χ0) is 44.3.